The Labute approximate surface area is 185 Å². The fourth-order valence-electron chi connectivity index (χ4n) is 5.42. The molecule has 0 saturated carbocycles. The molecule has 3 unspecified atom stereocenters. The molecule has 3 aliphatic rings. The molecule has 5 heterocycles. The number of nitrogens with zero attached hydrogens (tertiary/aromatic N) is 5. The van der Waals surface area contributed by atoms with Gasteiger partial charge in [0.25, 0.3) is 0 Å². The number of halogens is 1. The van der Waals surface area contributed by atoms with Gasteiger partial charge in [0.1, 0.15) is 12.7 Å². The van der Waals surface area contributed by atoms with Crippen LogP contribution in [0.2, 0.25) is 0 Å². The molecule has 2 N–H and O–H groups in total. The highest BCUT2D eigenvalue weighted by atomic mass is 19.1. The summed E-state index contributed by atoms with van der Waals surface area (Å²) in [6, 6.07) is -0.0973. The van der Waals surface area contributed by atoms with E-state index in [0.29, 0.717) is 10.9 Å². The van der Waals surface area contributed by atoms with Gasteiger partial charge in [-0.2, -0.15) is 9.78 Å². The summed E-state index contributed by atoms with van der Waals surface area (Å²) in [5.41, 5.74) is -1.15. The molecule has 13 heteroatoms. The van der Waals surface area contributed by atoms with Gasteiger partial charge in [-0.05, 0) is 25.5 Å². The average molecular weight is 455 g/mol. The first-order chi connectivity index (χ1) is 15.8. The van der Waals surface area contributed by atoms with E-state index >= 15 is 4.39 Å². The van der Waals surface area contributed by atoms with E-state index in [4.69, 9.17) is 9.26 Å². The van der Waals surface area contributed by atoms with E-state index in [1.54, 1.807) is 17.9 Å². The number of anilines is 1. The Balaban J connectivity index is 1.61. The van der Waals surface area contributed by atoms with Crippen LogP contribution in [-0.2, 0) is 20.7 Å². The average Bonchev–Trinajstić information content (AvgIpc) is 3.41. The van der Waals surface area contributed by atoms with Crippen molar-refractivity contribution in [2.24, 2.45) is 5.41 Å². The van der Waals surface area contributed by atoms with Crippen molar-refractivity contribution < 1.29 is 28.0 Å². The minimum Gasteiger partial charge on any atom is -0.372 e. The van der Waals surface area contributed by atoms with Gasteiger partial charge in [0.15, 0.2) is 11.2 Å². The second-order valence-electron chi connectivity index (χ2n) is 8.56. The molecule has 170 valence electrons. The largest absolute Gasteiger partial charge is 0.372 e. The number of benzene rings is 1. The van der Waals surface area contributed by atoms with Crippen molar-refractivity contribution in [3.8, 4) is 5.82 Å². The fraction of sp³-hybridized carbons (Fsp3) is 0.400. The summed E-state index contributed by atoms with van der Waals surface area (Å²) < 4.78 is 28.5. The van der Waals surface area contributed by atoms with E-state index in [0.717, 1.165) is 0 Å². The predicted molar refractivity (Wildman–Crippen MR) is 108 cm³/mol. The third-order valence-corrected chi connectivity index (χ3v) is 6.58. The van der Waals surface area contributed by atoms with E-state index in [9.17, 15) is 14.4 Å². The van der Waals surface area contributed by atoms with Crippen LogP contribution in [0, 0.1) is 11.2 Å². The molecular formula is C20H18FN7O5. The van der Waals surface area contributed by atoms with Crippen molar-refractivity contribution in [2.75, 3.05) is 11.4 Å². The Hall–Kier alpha value is -3.87. The summed E-state index contributed by atoms with van der Waals surface area (Å²) in [5.74, 6) is -1.93. The maximum Gasteiger partial charge on any atom is 0.328 e. The maximum absolute atomic E-state index is 15.9. The Kier molecular flexibility index (Phi) is 3.94. The molecule has 4 amide bonds. The smallest absolute Gasteiger partial charge is 0.328 e. The molecule has 1 spiro atoms. The quantitative estimate of drug-likeness (QED) is 0.499. The molecule has 3 aliphatic heterocycles. The Morgan fingerprint density at radius 3 is 2.67 bits per heavy atom. The molecule has 12 nitrogen and oxygen atoms in total. The zero-order valence-corrected chi connectivity index (χ0v) is 17.5. The first-order valence-corrected chi connectivity index (χ1v) is 10.4. The topological polar surface area (TPSA) is 144 Å². The maximum atomic E-state index is 15.9. The lowest BCUT2D eigenvalue weighted by Crippen LogP contribution is -2.75. The van der Waals surface area contributed by atoms with E-state index in [-0.39, 0.29) is 36.2 Å². The van der Waals surface area contributed by atoms with Crippen LogP contribution in [0.15, 0.2) is 23.2 Å². The first-order valence-electron chi connectivity index (χ1n) is 10.4. The molecule has 33 heavy (non-hydrogen) atoms. The number of rotatable bonds is 1. The predicted octanol–water partition coefficient (Wildman–Crippen LogP) is 0.438. The minimum absolute atomic E-state index is 0.0755. The van der Waals surface area contributed by atoms with Gasteiger partial charge in [0.05, 0.1) is 29.3 Å². The van der Waals surface area contributed by atoms with Crippen LogP contribution in [0.5, 0.6) is 0 Å². The van der Waals surface area contributed by atoms with Crippen LogP contribution in [-0.4, -0.2) is 62.6 Å². The van der Waals surface area contributed by atoms with Crippen molar-refractivity contribution in [1.82, 2.24) is 30.6 Å². The van der Waals surface area contributed by atoms with Gasteiger partial charge in [0.2, 0.25) is 23.2 Å². The summed E-state index contributed by atoms with van der Waals surface area (Å²) in [7, 11) is 0. The van der Waals surface area contributed by atoms with Crippen molar-refractivity contribution in [2.45, 2.75) is 38.5 Å². The number of aromatic nitrogens is 4. The highest BCUT2D eigenvalue weighted by Crippen LogP contribution is 2.49. The van der Waals surface area contributed by atoms with E-state index in [2.05, 4.69) is 25.9 Å². The second-order valence-corrected chi connectivity index (χ2v) is 8.56. The summed E-state index contributed by atoms with van der Waals surface area (Å²) >= 11 is 0. The molecule has 0 aliphatic carbocycles. The highest BCUT2D eigenvalue weighted by Gasteiger charge is 2.63. The normalized spacial score (nSPS) is 26.2. The van der Waals surface area contributed by atoms with E-state index in [1.165, 1.54) is 17.3 Å². The van der Waals surface area contributed by atoms with Gasteiger partial charge < -0.3 is 14.2 Å². The summed E-state index contributed by atoms with van der Waals surface area (Å²) in [6.45, 7) is 3.78. The Bertz CT molecular complexity index is 1320. The number of ether oxygens (including phenoxy) is 1. The summed E-state index contributed by atoms with van der Waals surface area (Å²) in [5, 5.41) is 12.7. The Morgan fingerprint density at radius 1 is 1.21 bits per heavy atom. The lowest BCUT2D eigenvalue weighted by molar-refractivity contribution is -0.153. The molecule has 2 fully saturated rings. The highest BCUT2D eigenvalue weighted by molar-refractivity contribution is 6.20. The lowest BCUT2D eigenvalue weighted by atomic mass is 9.66. The van der Waals surface area contributed by atoms with Gasteiger partial charge in [-0.25, -0.2) is 14.2 Å². The second kappa shape index (κ2) is 6.57. The summed E-state index contributed by atoms with van der Waals surface area (Å²) in [6.07, 6.45) is 1.64. The SMILES string of the molecule is CC1CN2c3c(cc4c(-n5cncn5)noc4c3F)CC3(C(=O)NC(=O)NC3=O)C2C(C)O1. The first kappa shape index (κ1) is 19.8. The number of imide groups is 2. The van der Waals surface area contributed by atoms with Gasteiger partial charge in [0, 0.05) is 13.0 Å². The number of nitrogens with one attached hydrogen (secondary N) is 2. The van der Waals surface area contributed by atoms with Crippen LogP contribution in [0.4, 0.5) is 14.9 Å². The molecule has 1 aromatic carbocycles. The molecule has 3 aromatic rings. The van der Waals surface area contributed by atoms with Gasteiger partial charge in [-0.3, -0.25) is 20.2 Å². The molecule has 3 atom stereocenters. The van der Waals surface area contributed by atoms with Crippen molar-refractivity contribution in [3.63, 3.8) is 0 Å². The zero-order chi connectivity index (χ0) is 23.1. The fourth-order valence-corrected chi connectivity index (χ4v) is 5.42. The standard InChI is InChI=1S/C20H18FN7O5/c1-8-5-27-13-10(3-11-14(12(13)21)33-26-16(11)28-7-22-6-23-28)4-20(15(27)9(2)32-8)17(29)24-19(31)25-18(20)30/h3,6-9,15H,4-5H2,1-2H3,(H2,24,25,29,30,31). The molecular weight excluding hydrogens is 437 g/mol. The third kappa shape index (κ3) is 2.53. The number of morpholine rings is 1. The number of barbiturate groups is 1. The van der Waals surface area contributed by atoms with Crippen LogP contribution >= 0.6 is 0 Å². The molecule has 6 rings (SSSR count). The van der Waals surface area contributed by atoms with Crippen molar-refractivity contribution >= 4 is 34.5 Å². The number of urea groups is 1. The molecule has 2 aromatic heterocycles. The van der Waals surface area contributed by atoms with Crippen LogP contribution in [0.3, 0.4) is 0 Å². The Morgan fingerprint density at radius 2 is 1.97 bits per heavy atom. The number of carbonyl (C=O) groups is 3. The third-order valence-electron chi connectivity index (χ3n) is 6.58. The van der Waals surface area contributed by atoms with Crippen molar-refractivity contribution in [3.05, 3.63) is 30.1 Å². The summed E-state index contributed by atoms with van der Waals surface area (Å²) in [4.78, 5) is 43.8. The molecule has 2 saturated heterocycles. The number of hydrogen-bond donors (Lipinski definition) is 2. The molecule has 0 radical (unpaired) electrons. The molecule has 0 bridgehead atoms. The lowest BCUT2D eigenvalue weighted by Gasteiger charge is -2.55. The van der Waals surface area contributed by atoms with Gasteiger partial charge in [-0.1, -0.05) is 5.16 Å². The number of hydrogen-bond acceptors (Lipinski definition) is 9. The van der Waals surface area contributed by atoms with Crippen molar-refractivity contribution in [1.29, 1.82) is 0 Å². The van der Waals surface area contributed by atoms with Crippen LogP contribution < -0.4 is 15.5 Å². The minimum atomic E-state index is -1.70. The number of carbonyl (C=O) groups excluding carboxylic acids is 3. The van der Waals surface area contributed by atoms with Gasteiger partial charge in [-0.15, -0.1) is 0 Å². The zero-order valence-electron chi connectivity index (χ0n) is 17.5. The van der Waals surface area contributed by atoms with E-state index < -0.39 is 41.2 Å². The number of fused-ring (bicyclic) bond motifs is 5. The van der Waals surface area contributed by atoms with Crippen LogP contribution in [0.25, 0.3) is 16.8 Å². The number of amides is 4. The van der Waals surface area contributed by atoms with E-state index in [1.807, 2.05) is 6.92 Å². The monoisotopic (exact) mass is 455 g/mol. The van der Waals surface area contributed by atoms with Gasteiger partial charge >= 0.3 is 6.03 Å². The van der Waals surface area contributed by atoms with Crippen LogP contribution in [0.1, 0.15) is 19.4 Å².